The van der Waals surface area contributed by atoms with Gasteiger partial charge in [-0.15, -0.1) is 11.3 Å². The Morgan fingerprint density at radius 1 is 0.385 bits per heavy atom. The molecule has 0 saturated heterocycles. The van der Waals surface area contributed by atoms with E-state index >= 15 is 0 Å². The monoisotopic (exact) mass is 681 g/mol. The van der Waals surface area contributed by atoms with Crippen molar-refractivity contribution in [1.29, 1.82) is 0 Å². The van der Waals surface area contributed by atoms with Crippen LogP contribution >= 0.6 is 11.3 Å². The predicted octanol–water partition coefficient (Wildman–Crippen LogP) is 14.4. The molecule has 0 spiro atoms. The van der Waals surface area contributed by atoms with Crippen LogP contribution in [0.1, 0.15) is 11.1 Å². The second-order valence-corrected chi connectivity index (χ2v) is 14.9. The molecule has 0 aliphatic heterocycles. The molecule has 0 bridgehead atoms. The number of hydrogen-bond acceptors (Lipinski definition) is 1. The molecule has 2 aromatic heterocycles. The molecule has 0 atom stereocenters. The highest BCUT2D eigenvalue weighted by atomic mass is 32.1. The molecule has 0 unspecified atom stereocenters. The van der Waals surface area contributed by atoms with Gasteiger partial charge in [0.05, 0.1) is 11.0 Å². The van der Waals surface area contributed by atoms with E-state index in [4.69, 9.17) is 0 Å². The fourth-order valence-corrected chi connectivity index (χ4v) is 9.31. The fraction of sp³-hybridized carbons (Fsp3) is 0.0400. The summed E-state index contributed by atoms with van der Waals surface area (Å²) in [4.78, 5) is 0. The number of nitrogens with zero attached hydrogens (tertiary/aromatic N) is 1. The minimum absolute atomic E-state index is 1.16. The molecule has 10 rings (SSSR count). The molecule has 0 saturated carbocycles. The molecule has 246 valence electrons. The SMILES string of the molecule is Cc1cc(-c2ccc3c4cc(-c5ccc(-c6ccccc6)cc5)ccc4n(-c4ccccc4)c3c2)ccc1-c1ccc2sc3ccccc3c2c1C. The molecular weight excluding hydrogens is 647 g/mol. The van der Waals surface area contributed by atoms with Gasteiger partial charge in [-0.05, 0) is 112 Å². The first-order valence-corrected chi connectivity index (χ1v) is 18.7. The van der Waals surface area contributed by atoms with Gasteiger partial charge in [0.1, 0.15) is 0 Å². The Morgan fingerprint density at radius 2 is 0.981 bits per heavy atom. The molecule has 0 radical (unpaired) electrons. The quantitative estimate of drug-likeness (QED) is 0.170. The standard InChI is InChI=1S/C50H35NS/c1-32-29-37(21-24-41(32)42-26-28-49-50(33(42)2)44-15-9-10-16-48(44)52-49)39-22-25-43-45-30-38(36-19-17-35(18-20-36)34-11-5-3-6-12-34)23-27-46(45)51(47(43)31-39)40-13-7-4-8-14-40/h3-31H,1-2H3. The van der Waals surface area contributed by atoms with Crippen molar-refractivity contribution in [2.45, 2.75) is 13.8 Å². The van der Waals surface area contributed by atoms with E-state index < -0.39 is 0 Å². The second kappa shape index (κ2) is 12.2. The molecule has 0 aliphatic rings. The zero-order chi connectivity index (χ0) is 34.8. The van der Waals surface area contributed by atoms with Crippen LogP contribution in [-0.4, -0.2) is 4.57 Å². The van der Waals surface area contributed by atoms with Crippen LogP contribution in [-0.2, 0) is 0 Å². The first kappa shape index (κ1) is 30.6. The number of rotatable bonds is 5. The third-order valence-corrected chi connectivity index (χ3v) is 11.9. The van der Waals surface area contributed by atoms with E-state index in [1.54, 1.807) is 0 Å². The summed E-state index contributed by atoms with van der Waals surface area (Å²) in [5.74, 6) is 0. The minimum Gasteiger partial charge on any atom is -0.309 e. The highest BCUT2D eigenvalue weighted by molar-refractivity contribution is 7.25. The zero-order valence-corrected chi connectivity index (χ0v) is 29.9. The van der Waals surface area contributed by atoms with E-state index in [0.717, 1.165) is 5.69 Å². The average Bonchev–Trinajstić information content (AvgIpc) is 3.74. The molecule has 0 N–H and O–H groups in total. The zero-order valence-electron chi connectivity index (χ0n) is 29.1. The first-order chi connectivity index (χ1) is 25.6. The van der Waals surface area contributed by atoms with Gasteiger partial charge in [0, 0.05) is 36.6 Å². The molecule has 2 heterocycles. The van der Waals surface area contributed by atoms with Crippen LogP contribution in [0, 0.1) is 13.8 Å². The molecule has 1 nitrogen and oxygen atoms in total. The van der Waals surface area contributed by atoms with Crippen molar-refractivity contribution in [3.63, 3.8) is 0 Å². The normalized spacial score (nSPS) is 11.7. The Kier molecular flexibility index (Phi) is 7.19. The summed E-state index contributed by atoms with van der Waals surface area (Å²) in [5.41, 5.74) is 16.2. The number of hydrogen-bond donors (Lipinski definition) is 0. The third-order valence-electron chi connectivity index (χ3n) is 10.8. The summed E-state index contributed by atoms with van der Waals surface area (Å²) >= 11 is 1.88. The largest absolute Gasteiger partial charge is 0.309 e. The smallest absolute Gasteiger partial charge is 0.0547 e. The van der Waals surface area contributed by atoms with E-state index in [1.807, 2.05) is 11.3 Å². The summed E-state index contributed by atoms with van der Waals surface area (Å²) < 4.78 is 5.12. The Labute approximate surface area is 307 Å². The van der Waals surface area contributed by atoms with Crippen molar-refractivity contribution in [3.8, 4) is 50.2 Å². The Hall–Kier alpha value is -6.22. The summed E-state index contributed by atoms with van der Waals surface area (Å²) in [6.07, 6.45) is 0. The van der Waals surface area contributed by atoms with Gasteiger partial charge in [0.25, 0.3) is 0 Å². The van der Waals surface area contributed by atoms with Crippen LogP contribution < -0.4 is 0 Å². The fourth-order valence-electron chi connectivity index (χ4n) is 8.15. The van der Waals surface area contributed by atoms with E-state index in [1.165, 1.54) is 97.6 Å². The molecule has 0 fully saturated rings. The van der Waals surface area contributed by atoms with Gasteiger partial charge >= 0.3 is 0 Å². The Balaban J connectivity index is 1.07. The van der Waals surface area contributed by atoms with Crippen molar-refractivity contribution in [1.82, 2.24) is 4.57 Å². The maximum absolute atomic E-state index is 2.42. The number of para-hydroxylation sites is 1. The van der Waals surface area contributed by atoms with E-state index in [2.05, 4.69) is 194 Å². The number of aryl methyl sites for hydroxylation is 2. The average molecular weight is 682 g/mol. The lowest BCUT2D eigenvalue weighted by molar-refractivity contribution is 1.18. The summed E-state index contributed by atoms with van der Waals surface area (Å²) in [7, 11) is 0. The van der Waals surface area contributed by atoms with Crippen LogP contribution in [0.15, 0.2) is 176 Å². The van der Waals surface area contributed by atoms with Crippen LogP contribution in [0.3, 0.4) is 0 Å². The lowest BCUT2D eigenvalue weighted by atomic mass is 9.91. The molecule has 10 aromatic rings. The van der Waals surface area contributed by atoms with Gasteiger partial charge in [0.2, 0.25) is 0 Å². The molecule has 0 amide bonds. The maximum Gasteiger partial charge on any atom is 0.0547 e. The van der Waals surface area contributed by atoms with E-state index in [0.29, 0.717) is 0 Å². The van der Waals surface area contributed by atoms with Gasteiger partial charge in [-0.3, -0.25) is 0 Å². The van der Waals surface area contributed by atoms with Crippen molar-refractivity contribution in [2.75, 3.05) is 0 Å². The van der Waals surface area contributed by atoms with Gasteiger partial charge in [-0.1, -0.05) is 133 Å². The molecular formula is C50H35NS. The first-order valence-electron chi connectivity index (χ1n) is 17.9. The number of aromatic nitrogens is 1. The van der Waals surface area contributed by atoms with Crippen molar-refractivity contribution in [2.24, 2.45) is 0 Å². The predicted molar refractivity (Wildman–Crippen MR) is 225 cm³/mol. The molecule has 8 aromatic carbocycles. The van der Waals surface area contributed by atoms with Gasteiger partial charge < -0.3 is 4.57 Å². The Morgan fingerprint density at radius 3 is 1.77 bits per heavy atom. The lowest BCUT2D eigenvalue weighted by Crippen LogP contribution is -1.93. The van der Waals surface area contributed by atoms with Crippen LogP contribution in [0.2, 0.25) is 0 Å². The summed E-state index contributed by atoms with van der Waals surface area (Å²) in [6.45, 7) is 4.54. The second-order valence-electron chi connectivity index (χ2n) is 13.8. The van der Waals surface area contributed by atoms with Crippen LogP contribution in [0.25, 0.3) is 92.2 Å². The maximum atomic E-state index is 2.42. The molecule has 0 aliphatic carbocycles. The highest BCUT2D eigenvalue weighted by Crippen LogP contribution is 2.42. The lowest BCUT2D eigenvalue weighted by Gasteiger charge is -2.13. The van der Waals surface area contributed by atoms with E-state index in [9.17, 15) is 0 Å². The van der Waals surface area contributed by atoms with Crippen LogP contribution in [0.4, 0.5) is 0 Å². The topological polar surface area (TPSA) is 4.93 Å². The highest BCUT2D eigenvalue weighted by Gasteiger charge is 2.17. The third kappa shape index (κ3) is 4.98. The minimum atomic E-state index is 1.16. The van der Waals surface area contributed by atoms with Crippen molar-refractivity contribution >= 4 is 53.3 Å². The van der Waals surface area contributed by atoms with Crippen molar-refractivity contribution < 1.29 is 0 Å². The molecule has 2 heteroatoms. The van der Waals surface area contributed by atoms with Gasteiger partial charge in [-0.25, -0.2) is 0 Å². The van der Waals surface area contributed by atoms with Gasteiger partial charge in [0.15, 0.2) is 0 Å². The van der Waals surface area contributed by atoms with Crippen molar-refractivity contribution in [3.05, 3.63) is 187 Å². The molecule has 52 heavy (non-hydrogen) atoms. The number of thiophene rings is 1. The van der Waals surface area contributed by atoms with E-state index in [-0.39, 0.29) is 0 Å². The summed E-state index contributed by atoms with van der Waals surface area (Å²) in [6, 6.07) is 64.5. The van der Waals surface area contributed by atoms with Crippen LogP contribution in [0.5, 0.6) is 0 Å². The van der Waals surface area contributed by atoms with Gasteiger partial charge in [-0.2, -0.15) is 0 Å². The number of benzene rings is 8. The number of fused-ring (bicyclic) bond motifs is 6. The Bertz CT molecular complexity index is 2950. The summed E-state index contributed by atoms with van der Waals surface area (Å²) in [5, 5.41) is 5.25.